The summed E-state index contributed by atoms with van der Waals surface area (Å²) >= 11 is 0. The highest BCUT2D eigenvalue weighted by molar-refractivity contribution is 5.89. The van der Waals surface area contributed by atoms with Crippen LogP contribution in [0.15, 0.2) is 48.8 Å². The van der Waals surface area contributed by atoms with E-state index in [-0.39, 0.29) is 19.0 Å². The van der Waals surface area contributed by atoms with Crippen molar-refractivity contribution in [2.75, 3.05) is 18.5 Å². The highest BCUT2D eigenvalue weighted by Gasteiger charge is 2.08. The van der Waals surface area contributed by atoms with Crippen LogP contribution in [0.2, 0.25) is 0 Å². The molecule has 0 fully saturated rings. The molecule has 0 aliphatic rings. The van der Waals surface area contributed by atoms with Crippen molar-refractivity contribution < 1.29 is 14.2 Å². The molecular formula is C18H18FN3O2. The lowest BCUT2D eigenvalue weighted by Gasteiger charge is -2.14. The molecule has 1 unspecified atom stereocenters. The van der Waals surface area contributed by atoms with Crippen LogP contribution in [0.1, 0.15) is 5.56 Å². The highest BCUT2D eigenvalue weighted by Crippen LogP contribution is 2.20. The molecule has 24 heavy (non-hydrogen) atoms. The van der Waals surface area contributed by atoms with Crippen LogP contribution in [-0.4, -0.2) is 34.3 Å². The van der Waals surface area contributed by atoms with E-state index < -0.39 is 6.10 Å². The van der Waals surface area contributed by atoms with Gasteiger partial charge in [-0.2, -0.15) is 0 Å². The molecule has 0 aliphatic heterocycles. The van der Waals surface area contributed by atoms with Crippen molar-refractivity contribution in [3.05, 3.63) is 60.2 Å². The minimum atomic E-state index is -0.732. The maximum atomic E-state index is 12.8. The molecule has 1 heterocycles. The van der Waals surface area contributed by atoms with Crippen molar-refractivity contribution in [1.82, 2.24) is 9.97 Å². The second-order valence-electron chi connectivity index (χ2n) is 5.54. The Morgan fingerprint density at radius 2 is 1.96 bits per heavy atom. The average molecular weight is 327 g/mol. The van der Waals surface area contributed by atoms with Gasteiger partial charge in [-0.1, -0.05) is 11.6 Å². The van der Waals surface area contributed by atoms with Crippen LogP contribution in [0.25, 0.3) is 10.9 Å². The SMILES string of the molecule is Cc1ccc2ncnc(NCC(O)COc3ccc(F)cc3)c2c1. The molecule has 1 atom stereocenters. The number of halogens is 1. The van der Waals surface area contributed by atoms with Crippen LogP contribution >= 0.6 is 0 Å². The summed E-state index contributed by atoms with van der Waals surface area (Å²) in [5.74, 6) is 0.860. The number of ether oxygens (including phenoxy) is 1. The zero-order valence-corrected chi connectivity index (χ0v) is 13.2. The Hall–Kier alpha value is -2.73. The van der Waals surface area contributed by atoms with Gasteiger partial charge < -0.3 is 15.2 Å². The Morgan fingerprint density at radius 3 is 2.75 bits per heavy atom. The quantitative estimate of drug-likeness (QED) is 0.729. The third kappa shape index (κ3) is 3.97. The van der Waals surface area contributed by atoms with Gasteiger partial charge in [-0.05, 0) is 43.3 Å². The Morgan fingerprint density at radius 1 is 1.17 bits per heavy atom. The zero-order valence-electron chi connectivity index (χ0n) is 13.2. The van der Waals surface area contributed by atoms with Crippen molar-refractivity contribution in [3.8, 4) is 5.75 Å². The number of hydrogen-bond donors (Lipinski definition) is 2. The third-order valence-corrected chi connectivity index (χ3v) is 3.55. The first-order chi connectivity index (χ1) is 11.6. The summed E-state index contributed by atoms with van der Waals surface area (Å²) in [7, 11) is 0. The van der Waals surface area contributed by atoms with E-state index >= 15 is 0 Å². The lowest BCUT2D eigenvalue weighted by molar-refractivity contribution is 0.117. The highest BCUT2D eigenvalue weighted by atomic mass is 19.1. The average Bonchev–Trinajstić information content (AvgIpc) is 2.59. The lowest BCUT2D eigenvalue weighted by Crippen LogP contribution is -2.26. The van der Waals surface area contributed by atoms with Gasteiger partial charge in [-0.15, -0.1) is 0 Å². The number of nitrogens with one attached hydrogen (secondary N) is 1. The molecule has 0 bridgehead atoms. The molecule has 0 saturated carbocycles. The second kappa shape index (κ2) is 7.23. The number of aliphatic hydroxyl groups is 1. The maximum Gasteiger partial charge on any atom is 0.137 e. The number of aromatic nitrogens is 2. The smallest absolute Gasteiger partial charge is 0.137 e. The van der Waals surface area contributed by atoms with Crippen molar-refractivity contribution in [2.24, 2.45) is 0 Å². The lowest BCUT2D eigenvalue weighted by atomic mass is 10.1. The molecule has 124 valence electrons. The predicted molar refractivity (Wildman–Crippen MR) is 90.7 cm³/mol. The third-order valence-electron chi connectivity index (χ3n) is 3.55. The molecule has 0 aliphatic carbocycles. The monoisotopic (exact) mass is 327 g/mol. The summed E-state index contributed by atoms with van der Waals surface area (Å²) < 4.78 is 18.3. The van der Waals surface area contributed by atoms with Crippen LogP contribution in [0, 0.1) is 12.7 Å². The molecule has 2 aromatic carbocycles. The summed E-state index contributed by atoms with van der Waals surface area (Å²) in [6, 6.07) is 11.6. The topological polar surface area (TPSA) is 67.3 Å². The van der Waals surface area contributed by atoms with E-state index in [1.807, 2.05) is 25.1 Å². The molecule has 2 N–H and O–H groups in total. The standard InChI is InChI=1S/C18H18FN3O2/c1-12-2-7-17-16(8-12)18(22-11-21-17)20-9-14(23)10-24-15-5-3-13(19)4-6-15/h2-8,11,14,23H,9-10H2,1H3,(H,20,21,22). The number of hydrogen-bond acceptors (Lipinski definition) is 5. The van der Waals surface area contributed by atoms with Crippen molar-refractivity contribution in [3.63, 3.8) is 0 Å². The van der Waals surface area contributed by atoms with E-state index in [0.717, 1.165) is 16.5 Å². The normalized spacial score (nSPS) is 12.1. The summed E-state index contributed by atoms with van der Waals surface area (Å²) in [6.45, 7) is 2.38. The predicted octanol–water partition coefficient (Wildman–Crippen LogP) is 2.93. The van der Waals surface area contributed by atoms with E-state index in [4.69, 9.17) is 4.74 Å². The minimum Gasteiger partial charge on any atom is -0.491 e. The van der Waals surface area contributed by atoms with Crippen molar-refractivity contribution in [2.45, 2.75) is 13.0 Å². The molecule has 3 rings (SSSR count). The number of anilines is 1. The van der Waals surface area contributed by atoms with Crippen LogP contribution in [0.4, 0.5) is 10.2 Å². The van der Waals surface area contributed by atoms with E-state index in [1.165, 1.54) is 30.6 Å². The largest absolute Gasteiger partial charge is 0.491 e. The van der Waals surface area contributed by atoms with Crippen LogP contribution in [0.3, 0.4) is 0 Å². The summed E-state index contributed by atoms with van der Waals surface area (Å²) in [4.78, 5) is 8.46. The maximum absolute atomic E-state index is 12.8. The van der Waals surface area contributed by atoms with E-state index in [2.05, 4.69) is 15.3 Å². The number of aryl methyl sites for hydroxylation is 1. The molecule has 6 heteroatoms. The molecule has 1 aromatic heterocycles. The van der Waals surface area contributed by atoms with Crippen LogP contribution < -0.4 is 10.1 Å². The van der Waals surface area contributed by atoms with Gasteiger partial charge in [0.1, 0.15) is 36.4 Å². The van der Waals surface area contributed by atoms with Gasteiger partial charge in [0, 0.05) is 11.9 Å². The fourth-order valence-corrected chi connectivity index (χ4v) is 2.31. The van der Waals surface area contributed by atoms with Gasteiger partial charge in [-0.25, -0.2) is 14.4 Å². The number of rotatable bonds is 6. The Bertz CT molecular complexity index is 824. The van der Waals surface area contributed by atoms with E-state index in [9.17, 15) is 9.50 Å². The van der Waals surface area contributed by atoms with Gasteiger partial charge in [0.15, 0.2) is 0 Å². The summed E-state index contributed by atoms with van der Waals surface area (Å²) in [6.07, 6.45) is 0.756. The molecular weight excluding hydrogens is 309 g/mol. The number of nitrogens with zero attached hydrogens (tertiary/aromatic N) is 2. The molecule has 3 aromatic rings. The first kappa shape index (κ1) is 16.1. The molecule has 0 amide bonds. The molecule has 5 nitrogen and oxygen atoms in total. The Balaban J connectivity index is 1.59. The summed E-state index contributed by atoms with van der Waals surface area (Å²) in [5, 5.41) is 14.1. The van der Waals surface area contributed by atoms with Gasteiger partial charge in [-0.3, -0.25) is 0 Å². The Labute approximate surface area is 139 Å². The van der Waals surface area contributed by atoms with Gasteiger partial charge in [0.2, 0.25) is 0 Å². The number of fused-ring (bicyclic) bond motifs is 1. The summed E-state index contributed by atoms with van der Waals surface area (Å²) in [5.41, 5.74) is 1.95. The van der Waals surface area contributed by atoms with Gasteiger partial charge in [0.25, 0.3) is 0 Å². The van der Waals surface area contributed by atoms with Crippen LogP contribution in [0.5, 0.6) is 5.75 Å². The van der Waals surface area contributed by atoms with E-state index in [0.29, 0.717) is 11.6 Å². The first-order valence-corrected chi connectivity index (χ1v) is 7.63. The van der Waals surface area contributed by atoms with Crippen LogP contribution in [-0.2, 0) is 0 Å². The second-order valence-corrected chi connectivity index (χ2v) is 5.54. The number of aliphatic hydroxyl groups excluding tert-OH is 1. The fraction of sp³-hybridized carbons (Fsp3) is 0.222. The minimum absolute atomic E-state index is 0.0979. The van der Waals surface area contributed by atoms with E-state index in [1.54, 1.807) is 0 Å². The van der Waals surface area contributed by atoms with Crippen molar-refractivity contribution in [1.29, 1.82) is 0 Å². The van der Waals surface area contributed by atoms with Gasteiger partial charge in [0.05, 0.1) is 5.52 Å². The first-order valence-electron chi connectivity index (χ1n) is 7.63. The molecule has 0 spiro atoms. The van der Waals surface area contributed by atoms with Crippen molar-refractivity contribution >= 4 is 16.7 Å². The Kier molecular flexibility index (Phi) is 4.86. The fourth-order valence-electron chi connectivity index (χ4n) is 2.31. The zero-order chi connectivity index (χ0) is 16.9. The number of benzene rings is 2. The molecule has 0 saturated heterocycles. The van der Waals surface area contributed by atoms with Gasteiger partial charge >= 0.3 is 0 Å². The molecule has 0 radical (unpaired) electrons.